The van der Waals surface area contributed by atoms with Crippen molar-refractivity contribution in [3.63, 3.8) is 0 Å². The minimum absolute atomic E-state index is 0.140. The molecular formula is C16H30O4. The first-order valence-electron chi connectivity index (χ1n) is 7.95. The molecule has 0 bridgehead atoms. The van der Waals surface area contributed by atoms with E-state index in [1.54, 1.807) is 0 Å². The van der Waals surface area contributed by atoms with Gasteiger partial charge in [0, 0.05) is 0 Å². The lowest BCUT2D eigenvalue weighted by Crippen LogP contribution is -2.18. The predicted molar refractivity (Wildman–Crippen MR) is 79.4 cm³/mol. The molecule has 0 aliphatic heterocycles. The smallest absolute Gasteiger partial charge is 0.317 e. The molecular weight excluding hydrogens is 256 g/mol. The summed E-state index contributed by atoms with van der Waals surface area (Å²) in [4.78, 5) is 22.7. The van der Waals surface area contributed by atoms with Crippen molar-refractivity contribution in [2.75, 3.05) is 6.61 Å². The first-order valence-corrected chi connectivity index (χ1v) is 7.95. The summed E-state index contributed by atoms with van der Waals surface area (Å²) < 4.78 is 10.0. The van der Waals surface area contributed by atoms with Crippen LogP contribution in [-0.4, -0.2) is 24.6 Å². The number of unbranched alkanes of at least 4 members (excludes halogenated alkanes) is 6. The van der Waals surface area contributed by atoms with E-state index < -0.39 is 11.9 Å². The minimum Gasteiger partial charge on any atom is -0.465 e. The summed E-state index contributed by atoms with van der Waals surface area (Å²) in [6, 6.07) is 0. The molecule has 0 aromatic heterocycles. The number of hydrogen-bond donors (Lipinski definition) is 0. The zero-order valence-corrected chi connectivity index (χ0v) is 13.3. The van der Waals surface area contributed by atoms with Crippen LogP contribution in [-0.2, 0) is 19.1 Å². The highest BCUT2D eigenvalue weighted by Crippen LogP contribution is 2.07. The van der Waals surface area contributed by atoms with Gasteiger partial charge in [-0.3, -0.25) is 9.59 Å². The summed E-state index contributed by atoms with van der Waals surface area (Å²) in [5, 5.41) is 0. The molecule has 0 heterocycles. The second-order valence-electron chi connectivity index (χ2n) is 5.23. The lowest BCUT2D eigenvalue weighted by molar-refractivity contribution is -0.157. The number of esters is 2. The van der Waals surface area contributed by atoms with Crippen LogP contribution in [0.5, 0.6) is 0 Å². The molecule has 4 heteroatoms. The third kappa shape index (κ3) is 12.0. The van der Waals surface area contributed by atoms with Crippen LogP contribution in [0.25, 0.3) is 0 Å². The van der Waals surface area contributed by atoms with E-state index in [1.807, 2.05) is 13.8 Å². The van der Waals surface area contributed by atoms with Crippen molar-refractivity contribution in [2.45, 2.75) is 84.7 Å². The third-order valence-corrected chi connectivity index (χ3v) is 3.21. The normalized spacial score (nSPS) is 11.9. The SMILES string of the molecule is CCCCCCCCCOC(=O)CC(=O)OC(C)CC. The van der Waals surface area contributed by atoms with Crippen molar-refractivity contribution in [3.8, 4) is 0 Å². The van der Waals surface area contributed by atoms with Gasteiger partial charge in [-0.2, -0.15) is 0 Å². The van der Waals surface area contributed by atoms with Crippen molar-refractivity contribution < 1.29 is 19.1 Å². The molecule has 0 fully saturated rings. The lowest BCUT2D eigenvalue weighted by Gasteiger charge is -2.10. The summed E-state index contributed by atoms with van der Waals surface area (Å²) in [6.45, 7) is 6.34. The Kier molecular flexibility index (Phi) is 12.3. The molecule has 4 nitrogen and oxygen atoms in total. The quantitative estimate of drug-likeness (QED) is 0.309. The van der Waals surface area contributed by atoms with Crippen LogP contribution < -0.4 is 0 Å². The summed E-state index contributed by atoms with van der Waals surface area (Å²) in [6.07, 6.45) is 8.57. The van der Waals surface area contributed by atoms with E-state index in [0.717, 1.165) is 19.3 Å². The Morgan fingerprint density at radius 2 is 1.50 bits per heavy atom. The number of carbonyl (C=O) groups is 2. The minimum atomic E-state index is -0.496. The Bertz CT molecular complexity index is 263. The molecule has 0 amide bonds. The van der Waals surface area contributed by atoms with Gasteiger partial charge in [0.15, 0.2) is 0 Å². The van der Waals surface area contributed by atoms with Crippen LogP contribution >= 0.6 is 0 Å². The number of carbonyl (C=O) groups excluding carboxylic acids is 2. The lowest BCUT2D eigenvalue weighted by atomic mass is 10.1. The molecule has 0 aliphatic rings. The van der Waals surface area contributed by atoms with E-state index in [0.29, 0.717) is 6.61 Å². The van der Waals surface area contributed by atoms with Crippen LogP contribution in [0.3, 0.4) is 0 Å². The van der Waals surface area contributed by atoms with Gasteiger partial charge < -0.3 is 9.47 Å². The maximum Gasteiger partial charge on any atom is 0.317 e. The zero-order valence-electron chi connectivity index (χ0n) is 13.3. The molecule has 0 spiro atoms. The molecule has 20 heavy (non-hydrogen) atoms. The maximum absolute atomic E-state index is 11.4. The maximum atomic E-state index is 11.4. The van der Waals surface area contributed by atoms with Gasteiger partial charge in [-0.1, -0.05) is 52.4 Å². The summed E-state index contributed by atoms with van der Waals surface area (Å²) in [7, 11) is 0. The molecule has 0 rings (SSSR count). The second kappa shape index (κ2) is 12.9. The van der Waals surface area contributed by atoms with Gasteiger partial charge in [-0.05, 0) is 19.8 Å². The molecule has 0 aromatic carbocycles. The molecule has 0 saturated heterocycles. The van der Waals surface area contributed by atoms with Gasteiger partial charge in [0.2, 0.25) is 0 Å². The first kappa shape index (κ1) is 18.9. The van der Waals surface area contributed by atoms with Gasteiger partial charge in [-0.15, -0.1) is 0 Å². The molecule has 0 N–H and O–H groups in total. The molecule has 0 radical (unpaired) electrons. The predicted octanol–water partition coefficient (Wildman–Crippen LogP) is 4.01. The van der Waals surface area contributed by atoms with Gasteiger partial charge in [-0.25, -0.2) is 0 Å². The van der Waals surface area contributed by atoms with Gasteiger partial charge in [0.25, 0.3) is 0 Å². The van der Waals surface area contributed by atoms with E-state index in [4.69, 9.17) is 9.47 Å². The van der Waals surface area contributed by atoms with Crippen molar-refractivity contribution in [2.24, 2.45) is 0 Å². The van der Waals surface area contributed by atoms with Crippen molar-refractivity contribution in [1.82, 2.24) is 0 Å². The topological polar surface area (TPSA) is 52.6 Å². The third-order valence-electron chi connectivity index (χ3n) is 3.21. The van der Waals surface area contributed by atoms with Crippen LogP contribution in [0.4, 0.5) is 0 Å². The van der Waals surface area contributed by atoms with Crippen LogP contribution in [0.2, 0.25) is 0 Å². The highest BCUT2D eigenvalue weighted by atomic mass is 16.6. The average molecular weight is 286 g/mol. The van der Waals surface area contributed by atoms with E-state index in [-0.39, 0.29) is 12.5 Å². The van der Waals surface area contributed by atoms with Crippen molar-refractivity contribution in [1.29, 1.82) is 0 Å². The molecule has 1 atom stereocenters. The Hall–Kier alpha value is -1.06. The van der Waals surface area contributed by atoms with Crippen LogP contribution in [0, 0.1) is 0 Å². The number of ether oxygens (including phenoxy) is 2. The van der Waals surface area contributed by atoms with Gasteiger partial charge in [0.05, 0.1) is 12.7 Å². The fourth-order valence-electron chi connectivity index (χ4n) is 1.76. The summed E-state index contributed by atoms with van der Waals surface area (Å²) >= 11 is 0. The Morgan fingerprint density at radius 3 is 2.10 bits per heavy atom. The highest BCUT2D eigenvalue weighted by molar-refractivity contribution is 5.91. The summed E-state index contributed by atoms with van der Waals surface area (Å²) in [5.41, 5.74) is 0. The van der Waals surface area contributed by atoms with Gasteiger partial charge >= 0.3 is 11.9 Å². The largest absolute Gasteiger partial charge is 0.465 e. The number of hydrogen-bond acceptors (Lipinski definition) is 4. The fraction of sp³-hybridized carbons (Fsp3) is 0.875. The fourth-order valence-corrected chi connectivity index (χ4v) is 1.76. The first-order chi connectivity index (χ1) is 9.60. The molecule has 1 unspecified atom stereocenters. The molecule has 0 saturated carbocycles. The Morgan fingerprint density at radius 1 is 0.900 bits per heavy atom. The number of rotatable bonds is 12. The standard InChI is InChI=1S/C16H30O4/c1-4-6-7-8-9-10-11-12-19-15(17)13-16(18)20-14(3)5-2/h14H,4-13H2,1-3H3. The second-order valence-corrected chi connectivity index (χ2v) is 5.23. The Labute approximate surface area is 123 Å². The van der Waals surface area contributed by atoms with E-state index in [1.165, 1.54) is 32.1 Å². The highest BCUT2D eigenvalue weighted by Gasteiger charge is 2.14. The van der Waals surface area contributed by atoms with Crippen LogP contribution in [0.1, 0.15) is 78.6 Å². The van der Waals surface area contributed by atoms with E-state index >= 15 is 0 Å². The van der Waals surface area contributed by atoms with E-state index in [9.17, 15) is 9.59 Å². The van der Waals surface area contributed by atoms with Crippen molar-refractivity contribution in [3.05, 3.63) is 0 Å². The summed E-state index contributed by atoms with van der Waals surface area (Å²) in [5.74, 6) is -0.979. The molecule has 0 aromatic rings. The van der Waals surface area contributed by atoms with E-state index in [2.05, 4.69) is 6.92 Å². The monoisotopic (exact) mass is 286 g/mol. The van der Waals surface area contributed by atoms with Crippen LogP contribution in [0.15, 0.2) is 0 Å². The zero-order chi connectivity index (χ0) is 15.2. The average Bonchev–Trinajstić information content (AvgIpc) is 2.41. The molecule has 0 aliphatic carbocycles. The van der Waals surface area contributed by atoms with Crippen molar-refractivity contribution >= 4 is 11.9 Å². The molecule has 118 valence electrons. The van der Waals surface area contributed by atoms with Gasteiger partial charge in [0.1, 0.15) is 6.42 Å². The Balaban J connectivity index is 3.42.